The first-order valence-corrected chi connectivity index (χ1v) is 15.5. The van der Waals surface area contributed by atoms with Gasteiger partial charge in [0.25, 0.3) is 5.91 Å². The van der Waals surface area contributed by atoms with E-state index in [2.05, 4.69) is 15.8 Å². The second-order valence-corrected chi connectivity index (χ2v) is 12.7. The van der Waals surface area contributed by atoms with Gasteiger partial charge in [-0.2, -0.15) is 9.41 Å². The summed E-state index contributed by atoms with van der Waals surface area (Å²) in [5, 5.41) is 7.72. The molecule has 0 saturated heterocycles. The van der Waals surface area contributed by atoms with Crippen molar-refractivity contribution < 1.29 is 18.0 Å². The number of nitrogens with zero attached hydrogens (tertiary/aromatic N) is 3. The van der Waals surface area contributed by atoms with E-state index in [0.717, 1.165) is 32.5 Å². The molecule has 4 rings (SSSR count). The number of halogens is 2. The number of hydrogen-bond donors (Lipinski definition) is 2. The minimum absolute atomic E-state index is 0.000441. The third-order valence-electron chi connectivity index (χ3n) is 6.59. The smallest absolute Gasteiger partial charge is 0.255 e. The Labute approximate surface area is 261 Å². The number of aromatic nitrogens is 1. The van der Waals surface area contributed by atoms with Gasteiger partial charge in [0.1, 0.15) is 0 Å². The number of carbonyl (C=O) groups is 2. The van der Waals surface area contributed by atoms with Crippen LogP contribution in [0.2, 0.25) is 10.0 Å². The van der Waals surface area contributed by atoms with Crippen LogP contribution in [0.25, 0.3) is 5.69 Å². The molecule has 0 radical (unpaired) electrons. The number of benzene rings is 3. The van der Waals surface area contributed by atoms with Crippen LogP contribution >= 0.6 is 23.2 Å². The standard InChI is InChI=1S/C31H31Cl2N5O4S/c1-21-15-25(22(2)38(21)29-17-26(32)16-27(33)18-29)19-34-36-31(40)20-37(14-13-24-7-5-4-6-8-24)43(41,42)30-11-9-28(10-12-30)35-23(3)39/h4-12,15-19H,13-14,20H2,1-3H3,(H,35,39)(H,36,40)/b34-19+. The van der Waals surface area contributed by atoms with Crippen LogP contribution in [0.4, 0.5) is 5.69 Å². The number of hydrogen-bond acceptors (Lipinski definition) is 5. The highest BCUT2D eigenvalue weighted by atomic mass is 35.5. The fourth-order valence-corrected chi connectivity index (χ4v) is 6.51. The quantitative estimate of drug-likeness (QED) is 0.161. The Morgan fingerprint density at radius 1 is 0.953 bits per heavy atom. The third kappa shape index (κ3) is 8.32. The lowest BCUT2D eigenvalue weighted by molar-refractivity contribution is -0.121. The highest BCUT2D eigenvalue weighted by Gasteiger charge is 2.26. The fraction of sp³-hybridized carbons (Fsp3) is 0.194. The molecule has 0 spiro atoms. The van der Waals surface area contributed by atoms with Gasteiger partial charge in [-0.05, 0) is 74.4 Å². The van der Waals surface area contributed by atoms with E-state index < -0.39 is 22.5 Å². The zero-order valence-corrected chi connectivity index (χ0v) is 26.2. The van der Waals surface area contributed by atoms with E-state index in [4.69, 9.17) is 23.2 Å². The first-order valence-electron chi connectivity index (χ1n) is 13.3. The van der Waals surface area contributed by atoms with Crippen molar-refractivity contribution in [2.45, 2.75) is 32.1 Å². The molecule has 0 bridgehead atoms. The largest absolute Gasteiger partial charge is 0.326 e. The number of anilines is 1. The van der Waals surface area contributed by atoms with Crippen molar-refractivity contribution in [2.24, 2.45) is 5.10 Å². The first kappa shape index (κ1) is 32.0. The molecule has 3 aromatic carbocycles. The van der Waals surface area contributed by atoms with E-state index in [9.17, 15) is 18.0 Å². The molecule has 0 aliphatic heterocycles. The lowest BCUT2D eigenvalue weighted by atomic mass is 10.1. The van der Waals surface area contributed by atoms with Crippen molar-refractivity contribution in [2.75, 3.05) is 18.4 Å². The zero-order valence-electron chi connectivity index (χ0n) is 23.8. The van der Waals surface area contributed by atoms with E-state index in [-0.39, 0.29) is 17.3 Å². The summed E-state index contributed by atoms with van der Waals surface area (Å²) in [5.41, 5.74) is 7.15. The fourth-order valence-electron chi connectivity index (χ4n) is 4.60. The number of carbonyl (C=O) groups excluding carboxylic acids is 2. The molecule has 224 valence electrons. The van der Waals surface area contributed by atoms with E-state index in [1.807, 2.05) is 54.8 Å². The maximum Gasteiger partial charge on any atom is 0.255 e. The summed E-state index contributed by atoms with van der Waals surface area (Å²) in [7, 11) is -4.05. The van der Waals surface area contributed by atoms with Gasteiger partial charge >= 0.3 is 0 Å². The molecule has 0 saturated carbocycles. The minimum Gasteiger partial charge on any atom is -0.326 e. The third-order valence-corrected chi connectivity index (χ3v) is 8.89. The summed E-state index contributed by atoms with van der Waals surface area (Å²) < 4.78 is 30.3. The van der Waals surface area contributed by atoms with Crippen LogP contribution in [0, 0.1) is 13.8 Å². The summed E-state index contributed by atoms with van der Waals surface area (Å²) in [5.74, 6) is -0.869. The predicted molar refractivity (Wildman–Crippen MR) is 171 cm³/mol. The lowest BCUT2D eigenvalue weighted by Crippen LogP contribution is -2.40. The van der Waals surface area contributed by atoms with Gasteiger partial charge in [-0.1, -0.05) is 53.5 Å². The SMILES string of the molecule is CC(=O)Nc1ccc(S(=O)(=O)N(CCc2ccccc2)CC(=O)N/N=C/c2cc(C)n(-c3cc(Cl)cc(Cl)c3)c2C)cc1. The second kappa shape index (κ2) is 14.0. The van der Waals surface area contributed by atoms with E-state index in [0.29, 0.717) is 22.2 Å². The van der Waals surface area contributed by atoms with E-state index in [1.165, 1.54) is 37.4 Å². The van der Waals surface area contributed by atoms with Gasteiger partial charge in [0.05, 0.1) is 17.7 Å². The topological polar surface area (TPSA) is 113 Å². The van der Waals surface area contributed by atoms with Crippen molar-refractivity contribution in [3.63, 3.8) is 0 Å². The monoisotopic (exact) mass is 639 g/mol. The number of hydrazone groups is 1. The summed E-state index contributed by atoms with van der Waals surface area (Å²) in [6.45, 7) is 4.82. The molecule has 2 amide bonds. The number of rotatable bonds is 11. The molecule has 1 aromatic heterocycles. The Morgan fingerprint density at radius 3 is 2.23 bits per heavy atom. The molecule has 12 heteroatoms. The van der Waals surface area contributed by atoms with Gasteiger partial charge in [-0.3, -0.25) is 9.59 Å². The summed E-state index contributed by atoms with van der Waals surface area (Å²) in [6.07, 6.45) is 1.91. The average Bonchev–Trinajstić information content (AvgIpc) is 3.23. The molecular formula is C31H31Cl2N5O4S. The van der Waals surface area contributed by atoms with Crippen molar-refractivity contribution in [1.29, 1.82) is 0 Å². The Morgan fingerprint density at radius 2 is 1.60 bits per heavy atom. The van der Waals surface area contributed by atoms with Gasteiger partial charge in [-0.15, -0.1) is 0 Å². The summed E-state index contributed by atoms with van der Waals surface area (Å²) >= 11 is 12.4. The molecule has 0 fully saturated rings. The molecule has 0 unspecified atom stereocenters. The summed E-state index contributed by atoms with van der Waals surface area (Å²) in [4.78, 5) is 24.3. The van der Waals surface area contributed by atoms with Crippen LogP contribution in [0.1, 0.15) is 29.4 Å². The molecule has 0 aliphatic carbocycles. The Bertz CT molecular complexity index is 1730. The van der Waals surface area contributed by atoms with Gasteiger partial charge in [0.2, 0.25) is 15.9 Å². The summed E-state index contributed by atoms with van der Waals surface area (Å²) in [6, 6.07) is 22.4. The maximum absolute atomic E-state index is 13.6. The second-order valence-electron chi connectivity index (χ2n) is 9.86. The molecule has 0 atom stereocenters. The first-order chi connectivity index (χ1) is 20.4. The van der Waals surface area contributed by atoms with Crippen molar-refractivity contribution in [3.8, 4) is 5.69 Å². The average molecular weight is 641 g/mol. The number of amides is 2. The zero-order chi connectivity index (χ0) is 31.1. The van der Waals surface area contributed by atoms with Crippen LogP contribution < -0.4 is 10.7 Å². The van der Waals surface area contributed by atoms with Gasteiger partial charge < -0.3 is 9.88 Å². The van der Waals surface area contributed by atoms with Crippen LogP contribution in [-0.4, -0.2) is 48.4 Å². The Balaban J connectivity index is 1.50. The highest BCUT2D eigenvalue weighted by Crippen LogP contribution is 2.26. The molecule has 4 aromatic rings. The molecular weight excluding hydrogens is 609 g/mol. The molecule has 1 heterocycles. The van der Waals surface area contributed by atoms with Crippen molar-refractivity contribution >= 4 is 56.9 Å². The van der Waals surface area contributed by atoms with Gasteiger partial charge in [0.15, 0.2) is 0 Å². The predicted octanol–water partition coefficient (Wildman–Crippen LogP) is 5.74. The van der Waals surface area contributed by atoms with E-state index in [1.54, 1.807) is 18.2 Å². The van der Waals surface area contributed by atoms with Gasteiger partial charge in [0, 0.05) is 51.8 Å². The number of nitrogens with one attached hydrogen (secondary N) is 2. The maximum atomic E-state index is 13.6. The highest BCUT2D eigenvalue weighted by molar-refractivity contribution is 7.89. The molecule has 2 N–H and O–H groups in total. The van der Waals surface area contributed by atoms with Crippen LogP contribution in [0.15, 0.2) is 88.9 Å². The van der Waals surface area contributed by atoms with Gasteiger partial charge in [-0.25, -0.2) is 13.8 Å². The Kier molecular flexibility index (Phi) is 10.4. The molecule has 43 heavy (non-hydrogen) atoms. The van der Waals surface area contributed by atoms with E-state index >= 15 is 0 Å². The number of aryl methyl sites for hydroxylation is 1. The Hall–Kier alpha value is -3.96. The minimum atomic E-state index is -4.05. The van der Waals surface area contributed by atoms with Crippen LogP contribution in [0.3, 0.4) is 0 Å². The van der Waals surface area contributed by atoms with Crippen molar-refractivity contribution in [1.82, 2.24) is 14.3 Å². The lowest BCUT2D eigenvalue weighted by Gasteiger charge is -2.21. The van der Waals surface area contributed by atoms with Crippen LogP contribution in [0.5, 0.6) is 0 Å². The normalized spacial score (nSPS) is 11.7. The molecule has 0 aliphatic rings. The van der Waals surface area contributed by atoms with Crippen LogP contribution in [-0.2, 0) is 26.0 Å². The molecule has 9 nitrogen and oxygen atoms in total. The van der Waals surface area contributed by atoms with Crippen molar-refractivity contribution in [3.05, 3.63) is 111 Å². The number of sulfonamides is 1.